The predicted octanol–water partition coefficient (Wildman–Crippen LogP) is 2.17. The number of alkyl halides is 2. The summed E-state index contributed by atoms with van der Waals surface area (Å²) in [5.41, 5.74) is 0.943. The molecule has 0 radical (unpaired) electrons. The minimum Gasteiger partial charge on any atom is -0.390 e. The van der Waals surface area contributed by atoms with E-state index in [2.05, 4.69) is 5.10 Å². The molecule has 0 saturated heterocycles. The average molecular weight is 238 g/mol. The van der Waals surface area contributed by atoms with E-state index in [4.69, 9.17) is 5.11 Å². The van der Waals surface area contributed by atoms with E-state index < -0.39 is 12.5 Å². The van der Waals surface area contributed by atoms with Crippen LogP contribution in [0.1, 0.15) is 5.69 Å². The van der Waals surface area contributed by atoms with Crippen molar-refractivity contribution in [2.24, 2.45) is 7.05 Å². The summed E-state index contributed by atoms with van der Waals surface area (Å²) in [7, 11) is 1.44. The van der Waals surface area contributed by atoms with Crippen LogP contribution in [0.25, 0.3) is 11.3 Å². The maximum Gasteiger partial charge on any atom is 0.311 e. The number of halogens is 2. The summed E-state index contributed by atoms with van der Waals surface area (Å²) in [6, 6.07) is 10.4. The first-order valence-corrected chi connectivity index (χ1v) is 5.13. The van der Waals surface area contributed by atoms with E-state index in [1.807, 2.05) is 18.2 Å². The number of hydrogen-bond acceptors (Lipinski definition) is 2. The lowest BCUT2D eigenvalue weighted by Crippen LogP contribution is -2.22. The molecule has 1 N–H and O–H groups in total. The van der Waals surface area contributed by atoms with Crippen LogP contribution in [0.4, 0.5) is 8.78 Å². The van der Waals surface area contributed by atoms with Crippen molar-refractivity contribution in [1.29, 1.82) is 0 Å². The Kier molecular flexibility index (Phi) is 2.93. The van der Waals surface area contributed by atoms with E-state index in [0.29, 0.717) is 5.69 Å². The van der Waals surface area contributed by atoms with E-state index in [9.17, 15) is 8.78 Å². The van der Waals surface area contributed by atoms with Crippen LogP contribution in [0.15, 0.2) is 36.4 Å². The number of hydrogen-bond donors (Lipinski definition) is 1. The first-order valence-electron chi connectivity index (χ1n) is 5.13. The monoisotopic (exact) mass is 238 g/mol. The molecule has 3 nitrogen and oxygen atoms in total. The summed E-state index contributed by atoms with van der Waals surface area (Å²) in [5, 5.41) is 12.7. The number of nitrogens with zero attached hydrogens (tertiary/aromatic N) is 2. The van der Waals surface area contributed by atoms with Crippen molar-refractivity contribution in [3.8, 4) is 11.3 Å². The van der Waals surface area contributed by atoms with Gasteiger partial charge in [-0.1, -0.05) is 30.3 Å². The van der Waals surface area contributed by atoms with Gasteiger partial charge in [0.15, 0.2) is 0 Å². The topological polar surface area (TPSA) is 38.0 Å². The highest BCUT2D eigenvalue weighted by molar-refractivity contribution is 5.59. The Morgan fingerprint density at radius 2 is 1.94 bits per heavy atom. The van der Waals surface area contributed by atoms with Crippen LogP contribution in [0, 0.1) is 0 Å². The second-order valence-corrected chi connectivity index (χ2v) is 3.77. The van der Waals surface area contributed by atoms with Crippen molar-refractivity contribution < 1.29 is 13.9 Å². The third-order valence-corrected chi connectivity index (χ3v) is 2.52. The zero-order valence-electron chi connectivity index (χ0n) is 9.27. The van der Waals surface area contributed by atoms with Crippen LogP contribution >= 0.6 is 0 Å². The SMILES string of the molecule is Cn1nc(-c2ccccc2)cc1C(F)(F)CO. The highest BCUT2D eigenvalue weighted by Gasteiger charge is 2.34. The summed E-state index contributed by atoms with van der Waals surface area (Å²) in [4.78, 5) is 0. The van der Waals surface area contributed by atoms with Crippen LogP contribution in [-0.2, 0) is 13.0 Å². The van der Waals surface area contributed by atoms with Gasteiger partial charge in [0.1, 0.15) is 12.3 Å². The molecule has 2 aromatic rings. The van der Waals surface area contributed by atoms with Crippen molar-refractivity contribution >= 4 is 0 Å². The maximum absolute atomic E-state index is 13.4. The molecule has 1 aromatic heterocycles. The molecule has 0 aliphatic carbocycles. The predicted molar refractivity (Wildman–Crippen MR) is 59.6 cm³/mol. The summed E-state index contributed by atoms with van der Waals surface area (Å²) in [6.07, 6.45) is 0. The summed E-state index contributed by atoms with van der Waals surface area (Å²) >= 11 is 0. The quantitative estimate of drug-likeness (QED) is 0.889. The Labute approximate surface area is 97.3 Å². The molecule has 2 rings (SSSR count). The van der Waals surface area contributed by atoms with Gasteiger partial charge in [0.2, 0.25) is 0 Å². The Hall–Kier alpha value is -1.75. The number of aliphatic hydroxyl groups is 1. The fourth-order valence-corrected chi connectivity index (χ4v) is 1.64. The first kappa shape index (κ1) is 11.7. The molecule has 0 saturated carbocycles. The summed E-state index contributed by atoms with van der Waals surface area (Å²) in [5.74, 6) is -3.27. The van der Waals surface area contributed by atoms with Gasteiger partial charge in [-0.2, -0.15) is 13.9 Å². The van der Waals surface area contributed by atoms with E-state index in [-0.39, 0.29) is 5.69 Å². The van der Waals surface area contributed by atoms with Gasteiger partial charge in [-0.15, -0.1) is 0 Å². The average Bonchev–Trinajstić information content (AvgIpc) is 2.73. The smallest absolute Gasteiger partial charge is 0.311 e. The van der Waals surface area contributed by atoms with Gasteiger partial charge in [-0.3, -0.25) is 4.68 Å². The number of benzene rings is 1. The third kappa shape index (κ3) is 2.19. The van der Waals surface area contributed by atoms with E-state index >= 15 is 0 Å². The largest absolute Gasteiger partial charge is 0.390 e. The van der Waals surface area contributed by atoms with Crippen molar-refractivity contribution in [3.63, 3.8) is 0 Å². The van der Waals surface area contributed by atoms with Crippen molar-refractivity contribution in [2.45, 2.75) is 5.92 Å². The lowest BCUT2D eigenvalue weighted by Gasteiger charge is -2.12. The second-order valence-electron chi connectivity index (χ2n) is 3.77. The van der Waals surface area contributed by atoms with E-state index in [1.165, 1.54) is 13.1 Å². The van der Waals surface area contributed by atoms with Crippen molar-refractivity contribution in [2.75, 3.05) is 6.61 Å². The fraction of sp³-hybridized carbons (Fsp3) is 0.250. The van der Waals surface area contributed by atoms with Gasteiger partial charge < -0.3 is 5.11 Å². The normalized spacial score (nSPS) is 11.8. The molecule has 1 aromatic carbocycles. The highest BCUT2D eigenvalue weighted by atomic mass is 19.3. The first-order chi connectivity index (χ1) is 8.04. The number of aliphatic hydroxyl groups excluding tert-OH is 1. The van der Waals surface area contributed by atoms with Gasteiger partial charge >= 0.3 is 5.92 Å². The van der Waals surface area contributed by atoms with Gasteiger partial charge in [-0.25, -0.2) is 0 Å². The molecule has 0 aliphatic rings. The molecule has 0 bridgehead atoms. The van der Waals surface area contributed by atoms with Crippen LogP contribution in [0.2, 0.25) is 0 Å². The second kappa shape index (κ2) is 4.25. The third-order valence-electron chi connectivity index (χ3n) is 2.52. The Morgan fingerprint density at radius 3 is 2.53 bits per heavy atom. The molecule has 17 heavy (non-hydrogen) atoms. The van der Waals surface area contributed by atoms with E-state index in [1.54, 1.807) is 12.1 Å². The number of rotatable bonds is 3. The molecule has 0 atom stereocenters. The molecule has 0 spiro atoms. The van der Waals surface area contributed by atoms with Crippen LogP contribution in [-0.4, -0.2) is 21.5 Å². The maximum atomic E-state index is 13.4. The zero-order chi connectivity index (χ0) is 12.5. The molecule has 0 fully saturated rings. The minimum absolute atomic E-state index is 0.293. The van der Waals surface area contributed by atoms with Gasteiger partial charge in [0, 0.05) is 12.6 Å². The minimum atomic E-state index is -3.27. The van der Waals surface area contributed by atoms with Crippen LogP contribution < -0.4 is 0 Å². The Bertz CT molecular complexity index is 508. The van der Waals surface area contributed by atoms with Crippen molar-refractivity contribution in [3.05, 3.63) is 42.1 Å². The highest BCUT2D eigenvalue weighted by Crippen LogP contribution is 2.30. The van der Waals surface area contributed by atoms with Gasteiger partial charge in [0.05, 0.1) is 5.69 Å². The molecule has 0 aliphatic heterocycles. The Morgan fingerprint density at radius 1 is 1.29 bits per heavy atom. The molecular formula is C12H12F2N2O. The summed E-state index contributed by atoms with van der Waals surface area (Å²) < 4.78 is 27.8. The number of aromatic nitrogens is 2. The fourth-order valence-electron chi connectivity index (χ4n) is 1.64. The zero-order valence-corrected chi connectivity index (χ0v) is 9.27. The number of aryl methyl sites for hydroxylation is 1. The Balaban J connectivity index is 2.45. The summed E-state index contributed by atoms with van der Waals surface area (Å²) in [6.45, 7) is -1.22. The van der Waals surface area contributed by atoms with E-state index in [0.717, 1.165) is 10.2 Å². The standard InChI is InChI=1S/C12H12F2N2O/c1-16-11(12(13,14)8-17)7-10(15-16)9-5-3-2-4-6-9/h2-7,17H,8H2,1H3. The molecule has 1 heterocycles. The van der Waals surface area contributed by atoms with Crippen molar-refractivity contribution in [1.82, 2.24) is 9.78 Å². The van der Waals surface area contributed by atoms with Gasteiger partial charge in [-0.05, 0) is 6.07 Å². The lowest BCUT2D eigenvalue weighted by molar-refractivity contribution is -0.0620. The molecule has 90 valence electrons. The van der Waals surface area contributed by atoms with Crippen LogP contribution in [0.3, 0.4) is 0 Å². The molecular weight excluding hydrogens is 226 g/mol. The molecule has 0 unspecified atom stereocenters. The molecule has 0 amide bonds. The van der Waals surface area contributed by atoms with Gasteiger partial charge in [0.25, 0.3) is 0 Å². The lowest BCUT2D eigenvalue weighted by atomic mass is 10.1. The van der Waals surface area contributed by atoms with Crippen LogP contribution in [0.5, 0.6) is 0 Å². The molecule has 5 heteroatoms.